The number of nitrogens with one attached hydrogen (secondary N) is 4. The topological polar surface area (TPSA) is 176 Å². The van der Waals surface area contributed by atoms with Crippen LogP contribution in [-0.2, 0) is 16.1 Å². The minimum atomic E-state index is -0.885. The number of ether oxygens (including phenoxy) is 1. The summed E-state index contributed by atoms with van der Waals surface area (Å²) in [6.07, 6.45) is 0.0572. The van der Waals surface area contributed by atoms with E-state index in [1.165, 1.54) is 12.1 Å². The van der Waals surface area contributed by atoms with Crippen LogP contribution in [0.25, 0.3) is 22.0 Å². The molecule has 0 unspecified atom stereocenters. The lowest BCUT2D eigenvalue weighted by atomic mass is 10.0. The van der Waals surface area contributed by atoms with Crippen LogP contribution in [0.5, 0.6) is 5.75 Å². The molecule has 0 aliphatic carbocycles. The first-order valence-electron chi connectivity index (χ1n) is 20.0. The van der Waals surface area contributed by atoms with Crippen molar-refractivity contribution in [1.82, 2.24) is 15.2 Å². The fourth-order valence-corrected chi connectivity index (χ4v) is 7.35. The molecule has 13 heteroatoms. The Kier molecular flexibility index (Phi) is 13.3. The normalized spacial score (nSPS) is 13.7. The van der Waals surface area contributed by atoms with E-state index in [1.807, 2.05) is 66.7 Å². The highest BCUT2D eigenvalue weighted by molar-refractivity contribution is 6.05. The summed E-state index contributed by atoms with van der Waals surface area (Å²) in [6, 6.07) is 37.8. The molecule has 0 spiro atoms. The number of aromatic nitrogens is 1. The molecule has 3 amide bonds. The monoisotopic (exact) mass is 808 g/mol. The number of pyridine rings is 1. The van der Waals surface area contributed by atoms with E-state index in [-0.39, 0.29) is 41.3 Å². The first-order chi connectivity index (χ1) is 29.1. The number of phenols is 1. The number of benzene rings is 5. The summed E-state index contributed by atoms with van der Waals surface area (Å²) in [7, 11) is 1.70. The highest BCUT2D eigenvalue weighted by atomic mass is 16.6. The number of aliphatic hydroxyl groups excluding tert-OH is 1. The number of piperidine rings is 1. The summed E-state index contributed by atoms with van der Waals surface area (Å²) < 4.78 is 5.77. The number of fused-ring (bicyclic) bond motifs is 1. The molecular weight excluding hydrogens is 761 g/mol. The molecule has 0 saturated carbocycles. The smallest absolute Gasteiger partial charge is 0.411 e. The van der Waals surface area contributed by atoms with Crippen LogP contribution in [-0.4, -0.2) is 77.3 Å². The van der Waals surface area contributed by atoms with Crippen LogP contribution in [0, 0.1) is 0 Å². The van der Waals surface area contributed by atoms with Gasteiger partial charge in [0.15, 0.2) is 0 Å². The van der Waals surface area contributed by atoms with Gasteiger partial charge in [0.25, 0.3) is 5.91 Å². The number of aromatic hydroxyl groups is 1. The third-order valence-corrected chi connectivity index (χ3v) is 10.7. The highest BCUT2D eigenvalue weighted by Gasteiger charge is 2.24. The van der Waals surface area contributed by atoms with Gasteiger partial charge in [-0.3, -0.25) is 19.7 Å². The van der Waals surface area contributed by atoms with Crippen LogP contribution in [0.1, 0.15) is 46.9 Å². The molecule has 60 heavy (non-hydrogen) atoms. The Labute approximate surface area is 347 Å². The van der Waals surface area contributed by atoms with Crippen molar-refractivity contribution in [2.24, 2.45) is 0 Å². The second-order valence-corrected chi connectivity index (χ2v) is 14.8. The molecule has 1 aliphatic heterocycles. The second-order valence-electron chi connectivity index (χ2n) is 14.8. The number of nitrogens with zero attached hydrogens (tertiary/aromatic N) is 2. The highest BCUT2D eigenvalue weighted by Crippen LogP contribution is 2.30. The molecule has 1 aromatic heterocycles. The third-order valence-electron chi connectivity index (χ3n) is 10.7. The van der Waals surface area contributed by atoms with Crippen LogP contribution in [0.2, 0.25) is 0 Å². The molecule has 6 N–H and O–H groups in total. The minimum absolute atomic E-state index is 0.0665. The molecule has 308 valence electrons. The first kappa shape index (κ1) is 41.4. The van der Waals surface area contributed by atoms with Crippen molar-refractivity contribution in [2.45, 2.75) is 38.0 Å². The predicted molar refractivity (Wildman–Crippen MR) is 233 cm³/mol. The minimum Gasteiger partial charge on any atom is -0.506 e. The number of anilines is 3. The Hall–Kier alpha value is -6.80. The van der Waals surface area contributed by atoms with Gasteiger partial charge in [-0.1, -0.05) is 72.8 Å². The number of aliphatic hydroxyl groups is 1. The van der Waals surface area contributed by atoms with Gasteiger partial charge in [-0.15, -0.1) is 0 Å². The molecule has 2 heterocycles. The molecule has 6 aromatic rings. The maximum absolute atomic E-state index is 13.2. The molecule has 0 radical (unpaired) electrons. The van der Waals surface area contributed by atoms with Crippen molar-refractivity contribution >= 4 is 45.9 Å². The molecular formula is C47H48N6O7. The maximum atomic E-state index is 13.2. The summed E-state index contributed by atoms with van der Waals surface area (Å²) in [5.74, 6) is -0.455. The molecule has 7 rings (SSSR count). The quantitative estimate of drug-likeness (QED) is 0.0674. The second kappa shape index (κ2) is 19.3. The van der Waals surface area contributed by atoms with Gasteiger partial charge < -0.3 is 40.4 Å². The van der Waals surface area contributed by atoms with Crippen molar-refractivity contribution in [3.63, 3.8) is 0 Å². The van der Waals surface area contributed by atoms with Gasteiger partial charge in [0.05, 0.1) is 17.3 Å². The molecule has 1 saturated heterocycles. The van der Waals surface area contributed by atoms with E-state index < -0.39 is 12.2 Å². The number of rotatable bonds is 14. The third kappa shape index (κ3) is 10.4. The molecule has 5 aromatic carbocycles. The van der Waals surface area contributed by atoms with E-state index >= 15 is 0 Å². The number of phenolic OH excluding ortho intramolecular Hbond substituents is 1. The van der Waals surface area contributed by atoms with E-state index in [2.05, 4.69) is 25.8 Å². The Balaban J connectivity index is 0.829. The number of hydrogen-bond acceptors (Lipinski definition) is 9. The zero-order valence-electron chi connectivity index (χ0n) is 33.3. The van der Waals surface area contributed by atoms with Crippen molar-refractivity contribution in [1.29, 1.82) is 0 Å². The number of likely N-dealkylation sites (tertiary alicyclic amines) is 1. The van der Waals surface area contributed by atoms with Gasteiger partial charge in [-0.05, 0) is 78.1 Å². The van der Waals surface area contributed by atoms with Gasteiger partial charge in [-0.2, -0.15) is 0 Å². The number of carbonyl (C=O) groups excluding carboxylic acids is 3. The number of hydrogen-bond donors (Lipinski definition) is 6. The number of carbonyl (C=O) groups is 3. The Morgan fingerprint density at radius 1 is 0.867 bits per heavy atom. The van der Waals surface area contributed by atoms with Gasteiger partial charge >= 0.3 is 6.09 Å². The fraction of sp³-hybridized carbons (Fsp3) is 0.234. The zero-order valence-corrected chi connectivity index (χ0v) is 33.3. The fourth-order valence-electron chi connectivity index (χ4n) is 7.35. The molecule has 13 nitrogen and oxygen atoms in total. The van der Waals surface area contributed by atoms with Crippen LogP contribution < -0.4 is 26.4 Å². The average Bonchev–Trinajstić information content (AvgIpc) is 3.27. The molecule has 1 aliphatic rings. The van der Waals surface area contributed by atoms with Crippen molar-refractivity contribution < 1.29 is 29.3 Å². The van der Waals surface area contributed by atoms with E-state index in [1.54, 1.807) is 60.5 Å². The standard InChI is InChI=1S/C47H48N6O7/c1-52(44(57)24-27-53-25-22-36(23-26-53)60-47(59)50-40-13-6-5-12-37(40)32-8-3-2-4-9-32)35-11-7-10-33(28-35)46(58)49-34-16-14-31(15-17-34)29-48-30-42(55)38-18-20-41(54)45-39(38)19-21-43(56)51-45/h2-21,28,36,42,48,54-55H,22-27,29-30H2,1H3,(H,49,58)(H,50,59)(H,51,56)/t42-/m0/s1. The lowest BCUT2D eigenvalue weighted by Crippen LogP contribution is -2.40. The Morgan fingerprint density at radius 3 is 2.40 bits per heavy atom. The molecule has 1 fully saturated rings. The van der Waals surface area contributed by atoms with Crippen LogP contribution in [0.4, 0.5) is 21.9 Å². The van der Waals surface area contributed by atoms with E-state index in [0.29, 0.717) is 79.0 Å². The summed E-state index contributed by atoms with van der Waals surface area (Å²) in [4.78, 5) is 57.4. The number of H-pyrrole nitrogens is 1. The summed E-state index contributed by atoms with van der Waals surface area (Å²) >= 11 is 0. The summed E-state index contributed by atoms with van der Waals surface area (Å²) in [5.41, 5.74) is 5.68. The molecule has 1 atom stereocenters. The van der Waals surface area contributed by atoms with Gasteiger partial charge in [0, 0.05) is 80.1 Å². The van der Waals surface area contributed by atoms with Gasteiger partial charge in [0.2, 0.25) is 11.5 Å². The van der Waals surface area contributed by atoms with Crippen molar-refractivity contribution in [2.75, 3.05) is 48.8 Å². The number of aromatic amines is 1. The largest absolute Gasteiger partial charge is 0.506 e. The van der Waals surface area contributed by atoms with Crippen LogP contribution >= 0.6 is 0 Å². The summed E-state index contributed by atoms with van der Waals surface area (Å²) in [6.45, 7) is 2.66. The van der Waals surface area contributed by atoms with Crippen molar-refractivity contribution in [3.05, 3.63) is 154 Å². The van der Waals surface area contributed by atoms with Gasteiger partial charge in [0.1, 0.15) is 11.9 Å². The Bertz CT molecular complexity index is 2500. The van der Waals surface area contributed by atoms with E-state index in [9.17, 15) is 29.4 Å². The van der Waals surface area contributed by atoms with E-state index in [4.69, 9.17) is 4.74 Å². The zero-order chi connectivity index (χ0) is 42.0. The number of amides is 3. The first-order valence-corrected chi connectivity index (χ1v) is 20.0. The Morgan fingerprint density at radius 2 is 1.62 bits per heavy atom. The SMILES string of the molecule is CN(C(=O)CCN1CCC(OC(=O)Nc2ccccc2-c2ccccc2)CC1)c1cccc(C(=O)Nc2ccc(CNC[C@H](O)c3ccc(O)c4[nH]c(=O)ccc34)cc2)c1. The predicted octanol–water partition coefficient (Wildman–Crippen LogP) is 7.04. The van der Waals surface area contributed by atoms with Crippen LogP contribution in [0.15, 0.2) is 132 Å². The average molecular weight is 809 g/mol. The number of para-hydroxylation sites is 1. The van der Waals surface area contributed by atoms with Crippen molar-refractivity contribution in [3.8, 4) is 16.9 Å². The lowest BCUT2D eigenvalue weighted by Gasteiger charge is -2.31. The van der Waals surface area contributed by atoms with E-state index in [0.717, 1.165) is 16.7 Å². The molecule has 0 bridgehead atoms. The summed E-state index contributed by atoms with van der Waals surface area (Å²) in [5, 5.41) is 30.6. The van der Waals surface area contributed by atoms with Gasteiger partial charge in [-0.25, -0.2) is 4.79 Å². The van der Waals surface area contributed by atoms with Crippen LogP contribution in [0.3, 0.4) is 0 Å². The maximum Gasteiger partial charge on any atom is 0.411 e. The lowest BCUT2D eigenvalue weighted by molar-refractivity contribution is -0.118.